The number of rotatable bonds is 3. The monoisotopic (exact) mass is 249 g/mol. The molecule has 0 saturated carbocycles. The molecule has 1 heterocycles. The number of hydrogen-bond acceptors (Lipinski definition) is 4. The van der Waals surface area contributed by atoms with E-state index < -0.39 is 0 Å². The van der Waals surface area contributed by atoms with Crippen LogP contribution in [-0.4, -0.2) is 16.2 Å². The van der Waals surface area contributed by atoms with Gasteiger partial charge in [-0.3, -0.25) is 9.36 Å². The molecule has 2 N–H and O–H groups in total. The first-order valence-electron chi connectivity index (χ1n) is 5.62. The summed E-state index contributed by atoms with van der Waals surface area (Å²) in [5.74, 6) is 0. The molecule has 2 rings (SSSR count). The average Bonchev–Trinajstić information content (AvgIpc) is 2.36. The van der Waals surface area contributed by atoms with Crippen LogP contribution in [0.5, 0.6) is 0 Å². The fourth-order valence-corrected chi connectivity index (χ4v) is 1.99. The lowest BCUT2D eigenvalue weighted by Crippen LogP contribution is -2.40. The number of nitrogens with zero attached hydrogens (tertiary/aromatic N) is 2. The lowest BCUT2D eigenvalue weighted by Gasteiger charge is -2.12. The van der Waals surface area contributed by atoms with Crippen LogP contribution in [0.15, 0.2) is 27.8 Å². The van der Waals surface area contributed by atoms with Crippen LogP contribution in [0.4, 0.5) is 5.69 Å². The maximum Gasteiger partial charge on any atom is 0.333 e. The molecule has 6 nitrogen and oxygen atoms in total. The van der Waals surface area contributed by atoms with Crippen molar-refractivity contribution in [2.24, 2.45) is 0 Å². The van der Waals surface area contributed by atoms with Gasteiger partial charge in [0.2, 0.25) is 0 Å². The first kappa shape index (κ1) is 12.4. The minimum Gasteiger partial charge on any atom is -0.399 e. The van der Waals surface area contributed by atoms with Crippen LogP contribution in [0.1, 0.15) is 6.92 Å². The molecule has 0 fully saturated rings. The summed E-state index contributed by atoms with van der Waals surface area (Å²) in [4.78, 5) is 24.3. The van der Waals surface area contributed by atoms with Gasteiger partial charge in [-0.05, 0) is 25.1 Å². The topological polar surface area (TPSA) is 79.2 Å². The molecule has 6 heteroatoms. The summed E-state index contributed by atoms with van der Waals surface area (Å²) in [7, 11) is 1.44. The zero-order valence-electron chi connectivity index (χ0n) is 10.3. The van der Waals surface area contributed by atoms with Gasteiger partial charge in [-0.25, -0.2) is 9.36 Å². The van der Waals surface area contributed by atoms with Crippen LogP contribution in [0.3, 0.4) is 0 Å². The molecular formula is C12H15N3O3. The van der Waals surface area contributed by atoms with Gasteiger partial charge >= 0.3 is 5.69 Å². The minimum atomic E-state index is -0.381. The van der Waals surface area contributed by atoms with E-state index in [0.29, 0.717) is 23.1 Å². The van der Waals surface area contributed by atoms with Crippen molar-refractivity contribution in [3.63, 3.8) is 0 Å². The number of ether oxygens (including phenoxy) is 1. The molecule has 1 aromatic heterocycles. The number of benzene rings is 1. The smallest absolute Gasteiger partial charge is 0.333 e. The van der Waals surface area contributed by atoms with E-state index >= 15 is 0 Å². The van der Waals surface area contributed by atoms with E-state index in [4.69, 9.17) is 10.5 Å². The Morgan fingerprint density at radius 3 is 2.61 bits per heavy atom. The maximum absolute atomic E-state index is 12.2. The van der Waals surface area contributed by atoms with Crippen molar-refractivity contribution in [3.05, 3.63) is 39.0 Å². The molecule has 0 radical (unpaired) electrons. The summed E-state index contributed by atoms with van der Waals surface area (Å²) in [6, 6.07) is 4.94. The zero-order chi connectivity index (χ0) is 13.3. The van der Waals surface area contributed by atoms with Crippen LogP contribution < -0.4 is 17.0 Å². The third-order valence-corrected chi connectivity index (χ3v) is 2.82. The molecule has 0 aliphatic rings. The first-order chi connectivity index (χ1) is 8.60. The van der Waals surface area contributed by atoms with Gasteiger partial charge in [-0.1, -0.05) is 0 Å². The van der Waals surface area contributed by atoms with E-state index in [-0.39, 0.29) is 18.0 Å². The van der Waals surface area contributed by atoms with Gasteiger partial charge in [0.25, 0.3) is 5.56 Å². The predicted octanol–water partition coefficient (Wildman–Crippen LogP) is 0.369. The Morgan fingerprint density at radius 1 is 1.28 bits per heavy atom. The molecular weight excluding hydrogens is 234 g/mol. The maximum atomic E-state index is 12.2. The van der Waals surface area contributed by atoms with Crippen LogP contribution in [0, 0.1) is 0 Å². The number of nitrogens with two attached hydrogens (primary N) is 1. The molecule has 0 bridgehead atoms. The summed E-state index contributed by atoms with van der Waals surface area (Å²) >= 11 is 0. The highest BCUT2D eigenvalue weighted by atomic mass is 16.5. The van der Waals surface area contributed by atoms with Gasteiger partial charge in [0, 0.05) is 19.3 Å². The molecule has 2 aromatic rings. The van der Waals surface area contributed by atoms with Gasteiger partial charge in [0.15, 0.2) is 0 Å². The van der Waals surface area contributed by atoms with Crippen molar-refractivity contribution in [1.82, 2.24) is 9.13 Å². The Balaban J connectivity index is 2.96. The van der Waals surface area contributed by atoms with Crippen molar-refractivity contribution >= 4 is 16.6 Å². The van der Waals surface area contributed by atoms with E-state index in [2.05, 4.69) is 0 Å². The van der Waals surface area contributed by atoms with Crippen LogP contribution in [0.2, 0.25) is 0 Å². The number of fused-ring (bicyclic) bond motifs is 1. The lowest BCUT2D eigenvalue weighted by atomic mass is 10.2. The van der Waals surface area contributed by atoms with Crippen molar-refractivity contribution in [1.29, 1.82) is 0 Å². The third-order valence-electron chi connectivity index (χ3n) is 2.82. The number of anilines is 1. The van der Waals surface area contributed by atoms with E-state index in [0.717, 1.165) is 4.57 Å². The molecule has 0 aliphatic heterocycles. The Morgan fingerprint density at radius 2 is 2.00 bits per heavy atom. The van der Waals surface area contributed by atoms with Gasteiger partial charge in [-0.15, -0.1) is 0 Å². The standard InChI is InChI=1S/C12H15N3O3/c1-3-14-10-5-4-8(13)6-9(10)11(16)15(7-18-2)12(14)17/h4-6H,3,7,13H2,1-2H3. The van der Waals surface area contributed by atoms with E-state index in [1.165, 1.54) is 11.7 Å². The Bertz CT molecular complexity index is 700. The Labute approximate surface area is 103 Å². The highest BCUT2D eigenvalue weighted by molar-refractivity contribution is 5.81. The third kappa shape index (κ3) is 1.80. The van der Waals surface area contributed by atoms with Crippen LogP contribution in [0.25, 0.3) is 10.9 Å². The normalized spacial score (nSPS) is 11.0. The van der Waals surface area contributed by atoms with Crippen molar-refractivity contribution in [3.8, 4) is 0 Å². The second-order valence-electron chi connectivity index (χ2n) is 3.95. The molecule has 0 atom stereocenters. The van der Waals surface area contributed by atoms with Crippen molar-refractivity contribution in [2.75, 3.05) is 12.8 Å². The van der Waals surface area contributed by atoms with E-state index in [1.807, 2.05) is 6.92 Å². The quantitative estimate of drug-likeness (QED) is 0.797. The fraction of sp³-hybridized carbons (Fsp3) is 0.333. The van der Waals surface area contributed by atoms with Crippen molar-refractivity contribution < 1.29 is 4.74 Å². The summed E-state index contributed by atoms with van der Waals surface area (Å²) in [5.41, 5.74) is 6.01. The molecule has 0 aliphatic carbocycles. The lowest BCUT2D eigenvalue weighted by molar-refractivity contribution is 0.123. The van der Waals surface area contributed by atoms with Gasteiger partial charge in [0.05, 0.1) is 10.9 Å². The van der Waals surface area contributed by atoms with Crippen molar-refractivity contribution in [2.45, 2.75) is 20.2 Å². The number of methoxy groups -OCH3 is 1. The molecule has 0 unspecified atom stereocenters. The fourth-order valence-electron chi connectivity index (χ4n) is 1.99. The SMILES string of the molecule is CCn1c(=O)n(COC)c(=O)c2cc(N)ccc21. The predicted molar refractivity (Wildman–Crippen MR) is 69.6 cm³/mol. The molecule has 96 valence electrons. The number of hydrogen-bond donors (Lipinski definition) is 1. The minimum absolute atomic E-state index is 0.0671. The average molecular weight is 249 g/mol. The van der Waals surface area contributed by atoms with Crippen LogP contribution >= 0.6 is 0 Å². The molecule has 0 spiro atoms. The number of aromatic nitrogens is 2. The highest BCUT2D eigenvalue weighted by Crippen LogP contribution is 2.12. The Kier molecular flexibility index (Phi) is 3.20. The number of nitrogen functional groups attached to an aromatic ring is 1. The van der Waals surface area contributed by atoms with Gasteiger partial charge < -0.3 is 10.5 Å². The van der Waals surface area contributed by atoms with E-state index in [1.54, 1.807) is 18.2 Å². The summed E-state index contributed by atoms with van der Waals surface area (Å²) in [6.45, 7) is 2.25. The summed E-state index contributed by atoms with van der Waals surface area (Å²) in [6.07, 6.45) is 0. The second-order valence-corrected chi connectivity index (χ2v) is 3.95. The largest absolute Gasteiger partial charge is 0.399 e. The van der Waals surface area contributed by atoms with Crippen LogP contribution in [-0.2, 0) is 18.0 Å². The first-order valence-corrected chi connectivity index (χ1v) is 5.62. The highest BCUT2D eigenvalue weighted by Gasteiger charge is 2.11. The molecule has 18 heavy (non-hydrogen) atoms. The summed E-state index contributed by atoms with van der Waals surface area (Å²) < 4.78 is 7.47. The van der Waals surface area contributed by atoms with Gasteiger partial charge in [-0.2, -0.15) is 0 Å². The Hall–Kier alpha value is -2.08. The molecule has 1 aromatic carbocycles. The van der Waals surface area contributed by atoms with Gasteiger partial charge in [0.1, 0.15) is 6.73 Å². The summed E-state index contributed by atoms with van der Waals surface area (Å²) in [5, 5.41) is 0.425. The van der Waals surface area contributed by atoms with E-state index in [9.17, 15) is 9.59 Å². The molecule has 0 amide bonds. The number of aryl methyl sites for hydroxylation is 1. The molecule has 0 saturated heterocycles. The second kappa shape index (κ2) is 4.66. The zero-order valence-corrected chi connectivity index (χ0v) is 10.3.